The molecular weight excluding hydrogens is 164 g/mol. The van der Waals surface area contributed by atoms with Crippen molar-refractivity contribution in [3.05, 3.63) is 29.8 Å². The van der Waals surface area contributed by atoms with Crippen molar-refractivity contribution < 1.29 is 5.11 Å². The summed E-state index contributed by atoms with van der Waals surface area (Å²) in [5.74, 6) is 0. The number of aliphatic hydroxyl groups excluding tert-OH is 1. The van der Waals surface area contributed by atoms with Crippen LogP contribution in [0.3, 0.4) is 0 Å². The van der Waals surface area contributed by atoms with Crippen LogP contribution in [-0.2, 0) is 0 Å². The number of hydrogen-bond donors (Lipinski definition) is 2. The Morgan fingerprint density at radius 2 is 2.15 bits per heavy atom. The Balaban J connectivity index is 2.47. The second-order valence-electron chi connectivity index (χ2n) is 3.55. The predicted octanol–water partition coefficient (Wildman–Crippen LogP) is 0.497. The van der Waals surface area contributed by atoms with E-state index in [0.717, 1.165) is 11.3 Å². The molecule has 0 aromatic heterocycles. The highest BCUT2D eigenvalue weighted by Gasteiger charge is 2.27. The fraction of sp³-hybridized carbons (Fsp3) is 0.400. The number of anilines is 1. The van der Waals surface area contributed by atoms with Crippen LogP contribution in [0.5, 0.6) is 0 Å². The molecule has 0 radical (unpaired) electrons. The van der Waals surface area contributed by atoms with Crippen LogP contribution in [0.4, 0.5) is 5.69 Å². The summed E-state index contributed by atoms with van der Waals surface area (Å²) in [6.07, 6.45) is -0.521. The van der Waals surface area contributed by atoms with Gasteiger partial charge in [0.05, 0.1) is 12.1 Å². The van der Waals surface area contributed by atoms with Gasteiger partial charge in [-0.1, -0.05) is 18.2 Å². The lowest BCUT2D eigenvalue weighted by Crippen LogP contribution is -2.44. The van der Waals surface area contributed by atoms with Crippen LogP contribution in [-0.4, -0.2) is 24.7 Å². The molecule has 2 rings (SSSR count). The molecule has 1 heterocycles. The lowest BCUT2D eigenvalue weighted by atomic mass is 9.96. The largest absolute Gasteiger partial charge is 0.387 e. The van der Waals surface area contributed by atoms with Crippen LogP contribution in [0.15, 0.2) is 24.3 Å². The van der Waals surface area contributed by atoms with E-state index in [2.05, 4.69) is 4.90 Å². The van der Waals surface area contributed by atoms with E-state index in [1.807, 2.05) is 31.3 Å². The van der Waals surface area contributed by atoms with Crippen LogP contribution < -0.4 is 10.6 Å². The van der Waals surface area contributed by atoms with Gasteiger partial charge in [0.2, 0.25) is 0 Å². The maximum atomic E-state index is 9.80. The zero-order valence-corrected chi connectivity index (χ0v) is 7.64. The van der Waals surface area contributed by atoms with Gasteiger partial charge >= 0.3 is 0 Å². The number of likely N-dealkylation sites (N-methyl/N-ethyl adjacent to an activating group) is 1. The van der Waals surface area contributed by atoms with E-state index in [1.54, 1.807) is 0 Å². The number of nitrogens with zero attached hydrogens (tertiary/aromatic N) is 1. The third kappa shape index (κ3) is 1.30. The molecule has 0 saturated carbocycles. The summed E-state index contributed by atoms with van der Waals surface area (Å²) < 4.78 is 0. The van der Waals surface area contributed by atoms with E-state index in [9.17, 15) is 5.11 Å². The van der Waals surface area contributed by atoms with Crippen molar-refractivity contribution in [2.24, 2.45) is 5.73 Å². The number of aliphatic hydroxyl groups is 1. The Morgan fingerprint density at radius 3 is 2.92 bits per heavy atom. The Bertz CT molecular complexity index is 314. The average molecular weight is 178 g/mol. The normalized spacial score (nSPS) is 27.2. The maximum absolute atomic E-state index is 9.80. The third-order valence-electron chi connectivity index (χ3n) is 2.56. The minimum Gasteiger partial charge on any atom is -0.387 e. The van der Waals surface area contributed by atoms with Gasteiger partial charge in [0.25, 0.3) is 0 Å². The highest BCUT2D eigenvalue weighted by atomic mass is 16.3. The number of benzene rings is 1. The molecule has 3 N–H and O–H groups in total. The highest BCUT2D eigenvalue weighted by molar-refractivity contribution is 5.56. The maximum Gasteiger partial charge on any atom is 0.0978 e. The van der Waals surface area contributed by atoms with Gasteiger partial charge in [-0.05, 0) is 6.07 Å². The molecule has 3 heteroatoms. The van der Waals surface area contributed by atoms with Gasteiger partial charge in [0, 0.05) is 24.8 Å². The summed E-state index contributed by atoms with van der Waals surface area (Å²) in [5, 5.41) is 9.80. The van der Waals surface area contributed by atoms with Crippen molar-refractivity contribution in [3.63, 3.8) is 0 Å². The fourth-order valence-electron chi connectivity index (χ4n) is 1.83. The van der Waals surface area contributed by atoms with Crippen LogP contribution >= 0.6 is 0 Å². The molecule has 1 aromatic carbocycles. The van der Waals surface area contributed by atoms with Crippen molar-refractivity contribution in [2.75, 3.05) is 18.5 Å². The second kappa shape index (κ2) is 3.01. The summed E-state index contributed by atoms with van der Waals surface area (Å²) in [4.78, 5) is 2.08. The zero-order chi connectivity index (χ0) is 9.42. The molecule has 3 nitrogen and oxygen atoms in total. The molecular formula is C10H14N2O. The molecule has 1 aliphatic rings. The smallest absolute Gasteiger partial charge is 0.0978 e. The summed E-state index contributed by atoms with van der Waals surface area (Å²) in [6.45, 7) is 0.707. The van der Waals surface area contributed by atoms with E-state index in [4.69, 9.17) is 5.73 Å². The highest BCUT2D eigenvalue weighted by Crippen LogP contribution is 2.31. The number of fused-ring (bicyclic) bond motifs is 1. The average Bonchev–Trinajstić information content (AvgIpc) is 2.15. The monoisotopic (exact) mass is 178 g/mol. The van der Waals surface area contributed by atoms with Crippen molar-refractivity contribution in [1.29, 1.82) is 0 Å². The molecule has 70 valence electrons. The van der Waals surface area contributed by atoms with Gasteiger partial charge in [-0.25, -0.2) is 0 Å². The number of hydrogen-bond acceptors (Lipinski definition) is 3. The predicted molar refractivity (Wildman–Crippen MR) is 52.6 cm³/mol. The molecule has 0 unspecified atom stereocenters. The number of nitrogens with two attached hydrogens (primary N) is 1. The second-order valence-corrected chi connectivity index (χ2v) is 3.55. The van der Waals surface area contributed by atoms with Crippen LogP contribution in [0.1, 0.15) is 11.7 Å². The van der Waals surface area contributed by atoms with Gasteiger partial charge in [-0.3, -0.25) is 0 Å². The van der Waals surface area contributed by atoms with Gasteiger partial charge in [0.1, 0.15) is 0 Å². The molecule has 0 fully saturated rings. The van der Waals surface area contributed by atoms with Crippen molar-refractivity contribution >= 4 is 5.69 Å². The molecule has 2 atom stereocenters. The van der Waals surface area contributed by atoms with Gasteiger partial charge in [-0.15, -0.1) is 0 Å². The SMILES string of the molecule is CN1C[C@H](N)[C@H](O)c2ccccc21. The van der Waals surface area contributed by atoms with Gasteiger partial charge < -0.3 is 15.7 Å². The Kier molecular flexibility index (Phi) is 1.98. The fourth-order valence-corrected chi connectivity index (χ4v) is 1.83. The standard InChI is InChI=1S/C10H14N2O/c1-12-6-8(11)10(13)7-4-2-3-5-9(7)12/h2-5,8,10,13H,6,11H2,1H3/t8-,10+/m0/s1. The summed E-state index contributed by atoms with van der Waals surface area (Å²) in [6, 6.07) is 7.65. The first-order valence-electron chi connectivity index (χ1n) is 4.44. The first-order chi connectivity index (χ1) is 6.20. The lowest BCUT2D eigenvalue weighted by Gasteiger charge is -2.34. The molecule has 0 aliphatic carbocycles. The minimum atomic E-state index is -0.521. The van der Waals surface area contributed by atoms with Gasteiger partial charge in [0.15, 0.2) is 0 Å². The summed E-state index contributed by atoms with van der Waals surface area (Å²) in [7, 11) is 1.99. The Hall–Kier alpha value is -1.06. The first-order valence-corrected chi connectivity index (χ1v) is 4.44. The summed E-state index contributed by atoms with van der Waals surface area (Å²) >= 11 is 0. The topological polar surface area (TPSA) is 49.5 Å². The van der Waals surface area contributed by atoms with Crippen molar-refractivity contribution in [3.8, 4) is 0 Å². The number of rotatable bonds is 0. The van der Waals surface area contributed by atoms with Crippen LogP contribution in [0, 0.1) is 0 Å². The van der Waals surface area contributed by atoms with Crippen molar-refractivity contribution in [2.45, 2.75) is 12.1 Å². The molecule has 0 amide bonds. The third-order valence-corrected chi connectivity index (χ3v) is 2.56. The molecule has 0 saturated heterocycles. The zero-order valence-electron chi connectivity index (χ0n) is 7.64. The van der Waals surface area contributed by atoms with E-state index < -0.39 is 6.10 Å². The van der Waals surface area contributed by atoms with Gasteiger partial charge in [-0.2, -0.15) is 0 Å². The molecule has 1 aliphatic heterocycles. The quantitative estimate of drug-likeness (QED) is 0.608. The molecule has 1 aromatic rings. The van der Waals surface area contributed by atoms with E-state index in [-0.39, 0.29) is 6.04 Å². The molecule has 0 bridgehead atoms. The lowest BCUT2D eigenvalue weighted by molar-refractivity contribution is 0.143. The summed E-state index contributed by atoms with van der Waals surface area (Å²) in [5.41, 5.74) is 7.81. The molecule has 0 spiro atoms. The van der Waals surface area contributed by atoms with Crippen molar-refractivity contribution in [1.82, 2.24) is 0 Å². The molecule has 13 heavy (non-hydrogen) atoms. The number of para-hydroxylation sites is 1. The first kappa shape index (κ1) is 8.53. The van der Waals surface area contributed by atoms with E-state index in [1.165, 1.54) is 0 Å². The van der Waals surface area contributed by atoms with Crippen LogP contribution in [0.25, 0.3) is 0 Å². The van der Waals surface area contributed by atoms with E-state index in [0.29, 0.717) is 6.54 Å². The van der Waals surface area contributed by atoms with E-state index >= 15 is 0 Å². The Morgan fingerprint density at radius 1 is 1.46 bits per heavy atom. The minimum absolute atomic E-state index is 0.181. The van der Waals surface area contributed by atoms with Crippen LogP contribution in [0.2, 0.25) is 0 Å². The Labute approximate surface area is 77.8 Å².